The quantitative estimate of drug-likeness (QED) is 0.374. The zero-order chi connectivity index (χ0) is 24.7. The Kier molecular flexibility index (Phi) is 8.94. The molecule has 0 aliphatic heterocycles. The maximum absolute atomic E-state index is 10.3. The van der Waals surface area contributed by atoms with Gasteiger partial charge >= 0.3 is 0 Å². The average molecular weight is 488 g/mol. The maximum Gasteiger partial charge on any atom is 0.122 e. The number of nitrogens with zero attached hydrogens (tertiary/aromatic N) is 3. The SMILES string of the molecule is Cc1cc(C(C)(C)c2ccc(OCC(O)Cn3nncc3CO)cc2)ccc1OCC(C)CCl. The molecule has 2 aromatic carbocycles. The molecule has 34 heavy (non-hydrogen) atoms. The van der Waals surface area contributed by atoms with Crippen LogP contribution in [0.1, 0.15) is 43.2 Å². The van der Waals surface area contributed by atoms with Crippen LogP contribution in [0.4, 0.5) is 0 Å². The minimum atomic E-state index is -0.778. The minimum Gasteiger partial charge on any atom is -0.493 e. The molecular weight excluding hydrogens is 454 g/mol. The zero-order valence-corrected chi connectivity index (χ0v) is 21.0. The van der Waals surface area contributed by atoms with Crippen LogP contribution in [0.5, 0.6) is 11.5 Å². The second kappa shape index (κ2) is 11.7. The standard InChI is InChI=1S/C26H34ClN3O4/c1-18(12-27)16-34-25-10-7-21(11-19(25)2)26(3,4)20-5-8-24(9-6-20)33-17-23(32)14-30-22(15-31)13-28-29-30/h5-11,13,18,23,31-32H,12,14-17H2,1-4H3. The van der Waals surface area contributed by atoms with Gasteiger partial charge in [0.05, 0.1) is 31.6 Å². The molecular formula is C26H34ClN3O4. The Morgan fingerprint density at radius 3 is 2.41 bits per heavy atom. The van der Waals surface area contributed by atoms with E-state index in [1.165, 1.54) is 16.4 Å². The lowest BCUT2D eigenvalue weighted by Crippen LogP contribution is -2.25. The van der Waals surface area contributed by atoms with Crippen LogP contribution >= 0.6 is 11.6 Å². The molecule has 0 spiro atoms. The Balaban J connectivity index is 1.61. The molecule has 0 amide bonds. The first-order valence-corrected chi connectivity index (χ1v) is 12.0. The van der Waals surface area contributed by atoms with E-state index in [1.54, 1.807) is 0 Å². The van der Waals surface area contributed by atoms with Crippen molar-refractivity contribution in [1.82, 2.24) is 15.0 Å². The lowest BCUT2D eigenvalue weighted by Gasteiger charge is -2.27. The fraction of sp³-hybridized carbons (Fsp3) is 0.462. The molecule has 2 atom stereocenters. The van der Waals surface area contributed by atoms with Crippen molar-refractivity contribution >= 4 is 11.6 Å². The highest BCUT2D eigenvalue weighted by Gasteiger charge is 2.24. The Morgan fingerprint density at radius 2 is 1.76 bits per heavy atom. The number of ether oxygens (including phenoxy) is 2. The molecule has 0 saturated heterocycles. The zero-order valence-electron chi connectivity index (χ0n) is 20.2. The molecule has 0 fully saturated rings. The summed E-state index contributed by atoms with van der Waals surface area (Å²) in [5.74, 6) is 2.44. The van der Waals surface area contributed by atoms with Gasteiger partial charge in [-0.3, -0.25) is 0 Å². The first-order valence-electron chi connectivity index (χ1n) is 11.4. The van der Waals surface area contributed by atoms with Crippen molar-refractivity contribution in [3.05, 3.63) is 71.0 Å². The van der Waals surface area contributed by atoms with Gasteiger partial charge in [-0.2, -0.15) is 0 Å². The lowest BCUT2D eigenvalue weighted by atomic mass is 9.77. The summed E-state index contributed by atoms with van der Waals surface area (Å²) in [4.78, 5) is 0. The van der Waals surface area contributed by atoms with Crippen LogP contribution in [0.25, 0.3) is 0 Å². The van der Waals surface area contributed by atoms with Crippen LogP contribution < -0.4 is 9.47 Å². The number of aliphatic hydroxyl groups excluding tert-OH is 2. The van der Waals surface area contributed by atoms with E-state index >= 15 is 0 Å². The topological polar surface area (TPSA) is 89.6 Å². The van der Waals surface area contributed by atoms with Crippen LogP contribution in [0.15, 0.2) is 48.7 Å². The van der Waals surface area contributed by atoms with Crippen molar-refractivity contribution in [2.75, 3.05) is 19.1 Å². The molecule has 2 N–H and O–H groups in total. The highest BCUT2D eigenvalue weighted by atomic mass is 35.5. The number of alkyl halides is 1. The molecule has 1 heterocycles. The van der Waals surface area contributed by atoms with Crippen molar-refractivity contribution < 1.29 is 19.7 Å². The lowest BCUT2D eigenvalue weighted by molar-refractivity contribution is 0.0866. The monoisotopic (exact) mass is 487 g/mol. The van der Waals surface area contributed by atoms with Crippen LogP contribution in [-0.2, 0) is 18.6 Å². The van der Waals surface area contributed by atoms with Crippen molar-refractivity contribution in [3.63, 3.8) is 0 Å². The number of rotatable bonds is 12. The van der Waals surface area contributed by atoms with Crippen LogP contribution in [0.2, 0.25) is 0 Å². The second-order valence-corrected chi connectivity index (χ2v) is 9.54. The van der Waals surface area contributed by atoms with Gasteiger partial charge in [-0.25, -0.2) is 4.68 Å². The predicted molar refractivity (Wildman–Crippen MR) is 133 cm³/mol. The number of hydrogen-bond donors (Lipinski definition) is 2. The second-order valence-electron chi connectivity index (χ2n) is 9.23. The normalized spacial score (nSPS) is 13.5. The molecule has 0 saturated carbocycles. The largest absolute Gasteiger partial charge is 0.493 e. The van der Waals surface area contributed by atoms with Crippen molar-refractivity contribution in [2.24, 2.45) is 5.92 Å². The predicted octanol–water partition coefficient (Wildman–Crippen LogP) is 4.10. The summed E-state index contributed by atoms with van der Waals surface area (Å²) < 4.78 is 13.2. The van der Waals surface area contributed by atoms with Crippen LogP contribution in [0.3, 0.4) is 0 Å². The third-order valence-electron chi connectivity index (χ3n) is 5.95. The van der Waals surface area contributed by atoms with Gasteiger partial charge < -0.3 is 19.7 Å². The summed E-state index contributed by atoms with van der Waals surface area (Å²) in [6.07, 6.45) is 0.692. The molecule has 7 nitrogen and oxygen atoms in total. The number of aromatic nitrogens is 3. The van der Waals surface area contributed by atoms with Gasteiger partial charge in [0.1, 0.15) is 24.2 Å². The third kappa shape index (κ3) is 6.50. The van der Waals surface area contributed by atoms with E-state index in [2.05, 4.69) is 50.1 Å². The van der Waals surface area contributed by atoms with Crippen molar-refractivity contribution in [2.45, 2.75) is 52.4 Å². The van der Waals surface area contributed by atoms with E-state index in [4.69, 9.17) is 21.1 Å². The van der Waals surface area contributed by atoms with E-state index in [9.17, 15) is 10.2 Å². The molecule has 8 heteroatoms. The van der Waals surface area contributed by atoms with Crippen molar-refractivity contribution in [3.8, 4) is 11.5 Å². The minimum absolute atomic E-state index is 0.108. The van der Waals surface area contributed by atoms with E-state index in [0.29, 0.717) is 29.8 Å². The third-order valence-corrected chi connectivity index (χ3v) is 6.47. The van der Waals surface area contributed by atoms with Crippen LogP contribution in [0, 0.1) is 12.8 Å². The summed E-state index contributed by atoms with van der Waals surface area (Å²) in [6, 6.07) is 14.2. The fourth-order valence-corrected chi connectivity index (χ4v) is 3.70. The smallest absolute Gasteiger partial charge is 0.122 e. The van der Waals surface area contributed by atoms with Gasteiger partial charge in [0.15, 0.2) is 0 Å². The Morgan fingerprint density at radius 1 is 1.06 bits per heavy atom. The number of halogens is 1. The van der Waals surface area contributed by atoms with Crippen LogP contribution in [-0.4, -0.2) is 50.4 Å². The first-order chi connectivity index (χ1) is 16.2. The summed E-state index contributed by atoms with van der Waals surface area (Å²) in [5, 5.41) is 27.1. The summed E-state index contributed by atoms with van der Waals surface area (Å²) >= 11 is 5.88. The molecule has 3 rings (SSSR count). The molecule has 0 aliphatic rings. The van der Waals surface area contributed by atoms with E-state index in [0.717, 1.165) is 16.9 Å². The molecule has 184 valence electrons. The summed E-state index contributed by atoms with van der Waals surface area (Å²) in [6.45, 7) is 9.23. The molecule has 2 unspecified atom stereocenters. The van der Waals surface area contributed by atoms with Gasteiger partial charge in [-0.05, 0) is 41.8 Å². The molecule has 1 aromatic heterocycles. The van der Waals surface area contributed by atoms with Gasteiger partial charge in [-0.15, -0.1) is 16.7 Å². The Labute approximate surface area is 206 Å². The number of benzene rings is 2. The average Bonchev–Trinajstić information content (AvgIpc) is 3.28. The summed E-state index contributed by atoms with van der Waals surface area (Å²) in [5.41, 5.74) is 3.78. The molecule has 0 bridgehead atoms. The maximum atomic E-state index is 10.3. The Hall–Kier alpha value is -2.61. The van der Waals surface area contributed by atoms with Crippen molar-refractivity contribution in [1.29, 1.82) is 0 Å². The van der Waals surface area contributed by atoms with Gasteiger partial charge in [0.2, 0.25) is 0 Å². The molecule has 0 aliphatic carbocycles. The Bertz CT molecular complexity index is 1050. The van der Waals surface area contributed by atoms with E-state index < -0.39 is 6.10 Å². The summed E-state index contributed by atoms with van der Waals surface area (Å²) in [7, 11) is 0. The molecule has 0 radical (unpaired) electrons. The van der Waals surface area contributed by atoms with E-state index in [1.807, 2.05) is 30.3 Å². The van der Waals surface area contributed by atoms with Gasteiger partial charge in [0.25, 0.3) is 0 Å². The number of hydrogen-bond acceptors (Lipinski definition) is 6. The van der Waals surface area contributed by atoms with Gasteiger partial charge in [-0.1, -0.05) is 50.3 Å². The highest BCUT2D eigenvalue weighted by Crippen LogP contribution is 2.34. The first kappa shape index (κ1) is 26.0. The fourth-order valence-electron chi connectivity index (χ4n) is 3.61. The van der Waals surface area contributed by atoms with E-state index in [-0.39, 0.29) is 25.2 Å². The number of aliphatic hydroxyl groups is 2. The number of aryl methyl sites for hydroxylation is 1. The highest BCUT2D eigenvalue weighted by molar-refractivity contribution is 6.18. The van der Waals surface area contributed by atoms with Gasteiger partial charge in [0, 0.05) is 17.2 Å². The molecule has 3 aromatic rings.